The maximum atomic E-state index is 11.5. The highest BCUT2D eigenvalue weighted by molar-refractivity contribution is 6.15. The third-order valence-electron chi connectivity index (χ3n) is 11.0. The third kappa shape index (κ3) is 7.04. The van der Waals surface area contributed by atoms with Gasteiger partial charge in [-0.05, 0) is 109 Å². The van der Waals surface area contributed by atoms with Gasteiger partial charge in [-0.1, -0.05) is 178 Å². The van der Waals surface area contributed by atoms with Gasteiger partial charge in [0.15, 0.2) is 0 Å². The number of rotatable bonds is 10. The van der Waals surface area contributed by atoms with E-state index in [1.807, 2.05) is 55.6 Å². The fourth-order valence-corrected chi connectivity index (χ4v) is 8.21. The Bertz CT molecular complexity index is 2820. The van der Waals surface area contributed by atoms with Crippen molar-refractivity contribution in [2.75, 3.05) is 0 Å². The molecule has 0 bridgehead atoms. The van der Waals surface area contributed by atoms with E-state index < -0.39 is 5.41 Å². The van der Waals surface area contributed by atoms with Crippen molar-refractivity contribution in [2.24, 2.45) is 4.99 Å². The lowest BCUT2D eigenvalue weighted by molar-refractivity contribution is 0.482. The number of aliphatic imine (C=N–C) groups is 1. The van der Waals surface area contributed by atoms with Crippen LogP contribution in [0.1, 0.15) is 30.5 Å². The molecular formula is C54H40N2O2. The molecule has 0 unspecified atom stereocenters. The van der Waals surface area contributed by atoms with Crippen LogP contribution in [0.2, 0.25) is 0 Å². The summed E-state index contributed by atoms with van der Waals surface area (Å²) in [6.45, 7) is 6.32. The summed E-state index contributed by atoms with van der Waals surface area (Å²) in [5.41, 5.74) is 15.4. The molecule has 4 heteroatoms. The van der Waals surface area contributed by atoms with Crippen LogP contribution in [0, 0.1) is 18.4 Å². The number of nitriles is 1. The molecule has 0 saturated heterocycles. The van der Waals surface area contributed by atoms with Gasteiger partial charge in [0.05, 0.1) is 5.69 Å². The van der Waals surface area contributed by atoms with Crippen LogP contribution in [0.3, 0.4) is 0 Å². The Morgan fingerprint density at radius 3 is 1.26 bits per heavy atom. The van der Waals surface area contributed by atoms with Gasteiger partial charge in [-0.25, -0.2) is 4.79 Å². The van der Waals surface area contributed by atoms with Crippen LogP contribution in [-0.4, -0.2) is 6.08 Å². The third-order valence-corrected chi connectivity index (χ3v) is 11.0. The first-order valence-corrected chi connectivity index (χ1v) is 19.3. The predicted octanol–water partition coefficient (Wildman–Crippen LogP) is 14.2. The fraction of sp³-hybridized carbons (Fsp3) is 0.0741. The van der Waals surface area contributed by atoms with Crippen LogP contribution in [0.4, 0.5) is 5.69 Å². The first-order chi connectivity index (χ1) is 28.4. The molecule has 0 aliphatic carbocycles. The number of ether oxygens (including phenoxy) is 1. The average molecular weight is 749 g/mol. The molecule has 0 atom stereocenters. The smallest absolute Gasteiger partial charge is 0.292 e. The van der Waals surface area contributed by atoms with Crippen molar-refractivity contribution in [2.45, 2.75) is 26.2 Å². The summed E-state index contributed by atoms with van der Waals surface area (Å²) in [7, 11) is 0. The Morgan fingerprint density at radius 2 is 0.862 bits per heavy atom. The monoisotopic (exact) mass is 748 g/mol. The first kappa shape index (κ1) is 37.4. The van der Waals surface area contributed by atoms with E-state index >= 15 is 0 Å². The van der Waals surface area contributed by atoms with Gasteiger partial charge in [0.2, 0.25) is 6.08 Å². The Morgan fingerprint density at radius 1 is 0.483 bits per heavy atom. The second kappa shape index (κ2) is 16.3. The molecule has 0 aliphatic rings. The van der Waals surface area contributed by atoms with Crippen molar-refractivity contribution in [1.82, 2.24) is 0 Å². The molecule has 0 amide bonds. The topological polar surface area (TPSA) is 62.4 Å². The Balaban J connectivity index is 1.65. The summed E-state index contributed by atoms with van der Waals surface area (Å²) in [6.07, 6.45) is 3.69. The largest absolute Gasteiger partial charge is 0.388 e. The highest BCUT2D eigenvalue weighted by Gasteiger charge is 2.32. The molecule has 0 N–H and O–H groups in total. The molecule has 0 aliphatic heterocycles. The lowest BCUT2D eigenvalue weighted by atomic mass is 9.72. The summed E-state index contributed by atoms with van der Waals surface area (Å²) in [6, 6.07) is 65.0. The van der Waals surface area contributed by atoms with Gasteiger partial charge < -0.3 is 4.74 Å². The van der Waals surface area contributed by atoms with Gasteiger partial charge in [0.25, 0.3) is 6.26 Å². The summed E-state index contributed by atoms with van der Waals surface area (Å²) >= 11 is 0. The zero-order chi connectivity index (χ0) is 40.1. The average Bonchev–Trinajstić information content (AvgIpc) is 3.28. The van der Waals surface area contributed by atoms with Crippen LogP contribution < -0.4 is 4.74 Å². The molecule has 278 valence electrons. The zero-order valence-corrected chi connectivity index (χ0v) is 32.6. The van der Waals surface area contributed by atoms with E-state index in [0.29, 0.717) is 11.4 Å². The minimum absolute atomic E-state index is 0.502. The molecule has 0 spiro atoms. The molecule has 58 heavy (non-hydrogen) atoms. The minimum Gasteiger partial charge on any atom is -0.388 e. The number of benzene rings is 8. The standard InChI is InChI=1S/C54H40N2O2/c1-37-33-42(29-31-46(37)56-36-57)52-50(40-23-13-6-14-24-40)48(38-19-9-4-10-20-38)49(39-21-11-5-12-22-39)51(41-25-15-7-16-26-41)53(52)43-30-32-47(58-35-55)45(34-43)54(2,3)44-27-17-8-18-28-44/h4-34H,1-3H3. The van der Waals surface area contributed by atoms with Gasteiger partial charge >= 0.3 is 0 Å². The molecule has 4 nitrogen and oxygen atoms in total. The molecule has 0 saturated carbocycles. The highest BCUT2D eigenvalue weighted by atomic mass is 16.5. The van der Waals surface area contributed by atoms with Crippen molar-refractivity contribution in [1.29, 1.82) is 5.26 Å². The predicted molar refractivity (Wildman–Crippen MR) is 236 cm³/mol. The van der Waals surface area contributed by atoms with Crippen LogP contribution in [0.25, 0.3) is 66.8 Å². The lowest BCUT2D eigenvalue weighted by Crippen LogP contribution is -2.20. The molecule has 8 aromatic rings. The molecular weight excluding hydrogens is 709 g/mol. The van der Waals surface area contributed by atoms with E-state index in [2.05, 4.69) is 164 Å². The highest BCUT2D eigenvalue weighted by Crippen LogP contribution is 2.56. The summed E-state index contributed by atoms with van der Waals surface area (Å²) in [5, 5.41) is 9.90. The summed E-state index contributed by atoms with van der Waals surface area (Å²) in [5.74, 6) is 0.502. The molecule has 8 aromatic carbocycles. The van der Waals surface area contributed by atoms with Gasteiger partial charge in [-0.15, -0.1) is 5.26 Å². The number of nitrogens with zero attached hydrogens (tertiary/aromatic N) is 2. The van der Waals surface area contributed by atoms with E-state index in [1.54, 1.807) is 6.08 Å². The van der Waals surface area contributed by atoms with Crippen LogP contribution >= 0.6 is 0 Å². The molecule has 8 rings (SSSR count). The molecule has 0 fully saturated rings. The zero-order valence-electron chi connectivity index (χ0n) is 32.6. The van der Waals surface area contributed by atoms with Gasteiger partial charge in [-0.3, -0.25) is 0 Å². The van der Waals surface area contributed by atoms with Crippen molar-refractivity contribution in [3.63, 3.8) is 0 Å². The SMILES string of the molecule is Cc1cc(-c2c(-c3ccccc3)c(-c3ccccc3)c(-c3ccccc3)c(-c3ccccc3)c2-c2ccc(OC#N)c(C(C)(C)c3ccccc3)c2)ccc1N=C=O. The van der Waals surface area contributed by atoms with Crippen molar-refractivity contribution < 1.29 is 9.53 Å². The number of isocyanates is 1. The van der Waals surface area contributed by atoms with Gasteiger partial charge in [0.1, 0.15) is 5.75 Å². The first-order valence-electron chi connectivity index (χ1n) is 19.3. The van der Waals surface area contributed by atoms with E-state index in [-0.39, 0.29) is 0 Å². The Kier molecular flexibility index (Phi) is 10.5. The van der Waals surface area contributed by atoms with Gasteiger partial charge in [0, 0.05) is 11.0 Å². The van der Waals surface area contributed by atoms with Crippen LogP contribution in [0.15, 0.2) is 193 Å². The van der Waals surface area contributed by atoms with Gasteiger partial charge in [-0.2, -0.15) is 4.99 Å². The maximum absolute atomic E-state index is 11.5. The fourth-order valence-electron chi connectivity index (χ4n) is 8.21. The number of aryl methyl sites for hydroxylation is 1. The number of hydrogen-bond acceptors (Lipinski definition) is 4. The summed E-state index contributed by atoms with van der Waals surface area (Å²) in [4.78, 5) is 15.5. The molecule has 0 radical (unpaired) electrons. The Hall–Kier alpha value is -7.57. The maximum Gasteiger partial charge on any atom is 0.292 e. The van der Waals surface area contributed by atoms with Crippen molar-refractivity contribution in [3.8, 4) is 78.8 Å². The minimum atomic E-state index is -0.546. The van der Waals surface area contributed by atoms with Crippen molar-refractivity contribution >= 4 is 11.8 Å². The van der Waals surface area contributed by atoms with E-state index in [0.717, 1.165) is 83.5 Å². The van der Waals surface area contributed by atoms with E-state index in [4.69, 9.17) is 4.74 Å². The number of hydrogen-bond donors (Lipinski definition) is 0. The molecule has 0 aromatic heterocycles. The van der Waals surface area contributed by atoms with E-state index in [1.165, 1.54) is 0 Å². The van der Waals surface area contributed by atoms with Crippen LogP contribution in [-0.2, 0) is 10.2 Å². The van der Waals surface area contributed by atoms with E-state index in [9.17, 15) is 10.1 Å². The normalized spacial score (nSPS) is 11.0. The second-order valence-electron chi connectivity index (χ2n) is 14.8. The molecule has 0 heterocycles. The summed E-state index contributed by atoms with van der Waals surface area (Å²) < 4.78 is 5.74. The number of carbonyl (C=O) groups excluding carboxylic acids is 1. The second-order valence-corrected chi connectivity index (χ2v) is 14.8. The van der Waals surface area contributed by atoms with Crippen LogP contribution in [0.5, 0.6) is 5.75 Å². The van der Waals surface area contributed by atoms with Crippen molar-refractivity contribution in [3.05, 3.63) is 205 Å². The quantitative estimate of drug-likeness (QED) is 0.0795. The Labute approximate surface area is 340 Å². The lowest BCUT2D eigenvalue weighted by Gasteiger charge is -2.31.